The first kappa shape index (κ1) is 15.3. The molecule has 4 nitrogen and oxygen atoms in total. The Bertz CT molecular complexity index is 713. The standard InChI is InChI=1S/C15H13FN2O2S/c1-2-20-15(19)12-9-18-13-5-4-10(16)8-11(13)14(12)21-7-3-6-17/h4-5,8-9H,2-3,7H2,1H3. The molecule has 2 aromatic rings. The monoisotopic (exact) mass is 304 g/mol. The summed E-state index contributed by atoms with van der Waals surface area (Å²) < 4.78 is 18.5. The second-order valence-corrected chi connectivity index (χ2v) is 5.24. The molecule has 0 saturated heterocycles. The molecule has 1 heterocycles. The van der Waals surface area contributed by atoms with Gasteiger partial charge in [0.2, 0.25) is 0 Å². The number of halogens is 1. The SMILES string of the molecule is CCOC(=O)c1cnc2ccc(F)cc2c1SCCC#N. The Balaban J connectivity index is 2.53. The fraction of sp³-hybridized carbons (Fsp3) is 0.267. The molecule has 0 fully saturated rings. The van der Waals surface area contributed by atoms with E-state index < -0.39 is 11.8 Å². The van der Waals surface area contributed by atoms with E-state index in [-0.39, 0.29) is 6.61 Å². The van der Waals surface area contributed by atoms with E-state index in [1.54, 1.807) is 13.0 Å². The number of hydrogen-bond donors (Lipinski definition) is 0. The number of fused-ring (bicyclic) bond motifs is 1. The molecule has 0 bridgehead atoms. The lowest BCUT2D eigenvalue weighted by atomic mass is 10.1. The zero-order valence-corrected chi connectivity index (χ0v) is 12.2. The van der Waals surface area contributed by atoms with Gasteiger partial charge in [0.15, 0.2) is 0 Å². The fourth-order valence-electron chi connectivity index (χ4n) is 1.85. The molecule has 0 N–H and O–H groups in total. The minimum Gasteiger partial charge on any atom is -0.462 e. The van der Waals surface area contributed by atoms with Gasteiger partial charge in [-0.25, -0.2) is 9.18 Å². The molecule has 0 atom stereocenters. The number of aromatic nitrogens is 1. The lowest BCUT2D eigenvalue weighted by Gasteiger charge is -2.11. The molecule has 0 saturated carbocycles. The van der Waals surface area contributed by atoms with Gasteiger partial charge in [-0.15, -0.1) is 11.8 Å². The van der Waals surface area contributed by atoms with E-state index in [0.717, 1.165) is 0 Å². The topological polar surface area (TPSA) is 63.0 Å². The summed E-state index contributed by atoms with van der Waals surface area (Å²) in [5, 5.41) is 9.20. The van der Waals surface area contributed by atoms with E-state index in [2.05, 4.69) is 4.98 Å². The molecule has 21 heavy (non-hydrogen) atoms. The molecule has 0 amide bonds. The van der Waals surface area contributed by atoms with Crippen LogP contribution in [0.15, 0.2) is 29.3 Å². The van der Waals surface area contributed by atoms with E-state index in [0.29, 0.717) is 33.5 Å². The third-order valence-electron chi connectivity index (χ3n) is 2.74. The number of benzene rings is 1. The predicted molar refractivity (Wildman–Crippen MR) is 78.6 cm³/mol. The van der Waals surface area contributed by atoms with Crippen LogP contribution in [0.1, 0.15) is 23.7 Å². The number of thioether (sulfide) groups is 1. The van der Waals surface area contributed by atoms with Gasteiger partial charge in [0.25, 0.3) is 0 Å². The summed E-state index contributed by atoms with van der Waals surface area (Å²) in [6.07, 6.45) is 1.78. The second kappa shape index (κ2) is 7.04. The van der Waals surface area contributed by atoms with Gasteiger partial charge in [-0.2, -0.15) is 5.26 Å². The van der Waals surface area contributed by atoms with Gasteiger partial charge in [-0.05, 0) is 25.1 Å². The van der Waals surface area contributed by atoms with E-state index >= 15 is 0 Å². The van der Waals surface area contributed by atoms with Crippen LogP contribution >= 0.6 is 11.8 Å². The number of hydrogen-bond acceptors (Lipinski definition) is 5. The van der Waals surface area contributed by atoms with Crippen molar-refractivity contribution in [3.05, 3.63) is 35.8 Å². The van der Waals surface area contributed by atoms with Crippen LogP contribution in [-0.4, -0.2) is 23.3 Å². The molecule has 0 unspecified atom stereocenters. The van der Waals surface area contributed by atoms with Crippen molar-refractivity contribution in [1.82, 2.24) is 4.98 Å². The summed E-state index contributed by atoms with van der Waals surface area (Å²) in [7, 11) is 0. The average molecular weight is 304 g/mol. The van der Waals surface area contributed by atoms with Crippen LogP contribution in [0.4, 0.5) is 4.39 Å². The van der Waals surface area contributed by atoms with E-state index in [1.807, 2.05) is 6.07 Å². The second-order valence-electron chi connectivity index (χ2n) is 4.14. The van der Waals surface area contributed by atoms with Crippen LogP contribution in [0.5, 0.6) is 0 Å². The van der Waals surface area contributed by atoms with Crippen molar-refractivity contribution in [2.45, 2.75) is 18.2 Å². The quantitative estimate of drug-likeness (QED) is 0.480. The minimum absolute atomic E-state index is 0.252. The highest BCUT2D eigenvalue weighted by Gasteiger charge is 2.17. The van der Waals surface area contributed by atoms with E-state index in [9.17, 15) is 9.18 Å². The molecule has 1 aromatic heterocycles. The normalized spacial score (nSPS) is 10.3. The maximum Gasteiger partial charge on any atom is 0.340 e. The van der Waals surface area contributed by atoms with Crippen molar-refractivity contribution < 1.29 is 13.9 Å². The van der Waals surface area contributed by atoms with Gasteiger partial charge in [-0.1, -0.05) is 0 Å². The molecule has 0 radical (unpaired) electrons. The van der Waals surface area contributed by atoms with Gasteiger partial charge in [-0.3, -0.25) is 4.98 Å². The summed E-state index contributed by atoms with van der Waals surface area (Å²) in [6.45, 7) is 1.97. The molecule has 2 rings (SSSR count). The zero-order valence-electron chi connectivity index (χ0n) is 11.4. The number of carbonyl (C=O) groups excluding carboxylic acids is 1. The zero-order chi connectivity index (χ0) is 15.2. The number of nitriles is 1. The summed E-state index contributed by atoms with van der Waals surface area (Å²) in [5.74, 6) is -0.374. The van der Waals surface area contributed by atoms with Crippen molar-refractivity contribution in [2.75, 3.05) is 12.4 Å². The summed E-state index contributed by atoms with van der Waals surface area (Å²) in [4.78, 5) is 16.8. The van der Waals surface area contributed by atoms with Gasteiger partial charge in [0.1, 0.15) is 5.82 Å². The Labute approximate surface area is 125 Å². The highest BCUT2D eigenvalue weighted by Crippen LogP contribution is 2.31. The third-order valence-corrected chi connectivity index (χ3v) is 3.87. The maximum atomic E-state index is 13.5. The molecule has 0 aliphatic rings. The largest absolute Gasteiger partial charge is 0.462 e. The average Bonchev–Trinajstić information content (AvgIpc) is 2.47. The summed E-state index contributed by atoms with van der Waals surface area (Å²) in [5.41, 5.74) is 0.904. The smallest absolute Gasteiger partial charge is 0.340 e. The Morgan fingerprint density at radius 2 is 2.33 bits per heavy atom. The van der Waals surface area contributed by atoms with Crippen molar-refractivity contribution in [2.24, 2.45) is 0 Å². The third kappa shape index (κ3) is 3.50. The van der Waals surface area contributed by atoms with Crippen LogP contribution in [0.25, 0.3) is 10.9 Å². The Hall–Kier alpha value is -2.13. The predicted octanol–water partition coefficient (Wildman–Crippen LogP) is 3.56. The summed E-state index contributed by atoms with van der Waals surface area (Å²) >= 11 is 1.33. The molecule has 0 spiro atoms. The van der Waals surface area contributed by atoms with E-state index in [4.69, 9.17) is 10.00 Å². The fourth-order valence-corrected chi connectivity index (χ4v) is 2.86. The number of carbonyl (C=O) groups is 1. The summed E-state index contributed by atoms with van der Waals surface area (Å²) in [6, 6.07) is 6.28. The van der Waals surface area contributed by atoms with Crippen molar-refractivity contribution in [1.29, 1.82) is 5.26 Å². The first-order chi connectivity index (χ1) is 10.2. The van der Waals surface area contributed by atoms with Gasteiger partial charge in [0, 0.05) is 28.7 Å². The van der Waals surface area contributed by atoms with Crippen LogP contribution < -0.4 is 0 Å². The van der Waals surface area contributed by atoms with Crippen LogP contribution in [-0.2, 0) is 4.74 Å². The Morgan fingerprint density at radius 3 is 3.05 bits per heavy atom. The number of ether oxygens (including phenoxy) is 1. The highest BCUT2D eigenvalue weighted by atomic mass is 32.2. The Kier molecular flexibility index (Phi) is 5.12. The first-order valence-corrected chi connectivity index (χ1v) is 7.41. The molecule has 1 aromatic carbocycles. The molecule has 108 valence electrons. The number of pyridine rings is 1. The van der Waals surface area contributed by atoms with Crippen molar-refractivity contribution in [3.8, 4) is 6.07 Å². The number of rotatable bonds is 5. The van der Waals surface area contributed by atoms with Crippen molar-refractivity contribution >= 4 is 28.6 Å². The Morgan fingerprint density at radius 1 is 1.52 bits per heavy atom. The molecule has 6 heteroatoms. The highest BCUT2D eigenvalue weighted by molar-refractivity contribution is 7.99. The molecule has 0 aliphatic carbocycles. The minimum atomic E-state index is -0.490. The molecular formula is C15H13FN2O2S. The van der Waals surface area contributed by atoms with Crippen molar-refractivity contribution in [3.63, 3.8) is 0 Å². The van der Waals surface area contributed by atoms with Crippen LogP contribution in [0.3, 0.4) is 0 Å². The number of nitrogens with zero attached hydrogens (tertiary/aromatic N) is 2. The van der Waals surface area contributed by atoms with E-state index in [1.165, 1.54) is 30.1 Å². The van der Waals surface area contributed by atoms with Gasteiger partial charge < -0.3 is 4.74 Å². The lowest BCUT2D eigenvalue weighted by molar-refractivity contribution is 0.0522. The van der Waals surface area contributed by atoms with Gasteiger partial charge in [0.05, 0.1) is 23.8 Å². The van der Waals surface area contributed by atoms with Gasteiger partial charge >= 0.3 is 5.97 Å². The maximum absolute atomic E-state index is 13.5. The van der Waals surface area contributed by atoms with Crippen LogP contribution in [0.2, 0.25) is 0 Å². The van der Waals surface area contributed by atoms with Crippen LogP contribution in [0, 0.1) is 17.1 Å². The number of esters is 1. The first-order valence-electron chi connectivity index (χ1n) is 6.42. The molecular weight excluding hydrogens is 291 g/mol. The lowest BCUT2D eigenvalue weighted by Crippen LogP contribution is -2.07. The molecule has 0 aliphatic heterocycles.